The van der Waals surface area contributed by atoms with E-state index in [-0.39, 0.29) is 12.5 Å². The Bertz CT molecular complexity index is 847. The molecule has 2 aromatic carbocycles. The Morgan fingerprint density at radius 3 is 2.50 bits per heavy atom. The average Bonchev–Trinajstić information content (AvgIpc) is 2.99. The van der Waals surface area contributed by atoms with Crippen LogP contribution in [0.3, 0.4) is 0 Å². The molecule has 124 valence electrons. The van der Waals surface area contributed by atoms with Gasteiger partial charge in [0.05, 0.1) is 12.2 Å². The van der Waals surface area contributed by atoms with E-state index < -0.39 is 0 Å². The van der Waals surface area contributed by atoms with E-state index in [2.05, 4.69) is 19.2 Å². The van der Waals surface area contributed by atoms with Gasteiger partial charge in [0.15, 0.2) is 0 Å². The number of furan rings is 1. The summed E-state index contributed by atoms with van der Waals surface area (Å²) in [6, 6.07) is 14.9. The highest BCUT2D eigenvalue weighted by Crippen LogP contribution is 2.33. The molecular weight excluding hydrogens is 302 g/mol. The van der Waals surface area contributed by atoms with Gasteiger partial charge in [-0.2, -0.15) is 0 Å². The van der Waals surface area contributed by atoms with Gasteiger partial charge in [0, 0.05) is 17.5 Å². The van der Waals surface area contributed by atoms with Gasteiger partial charge in [-0.25, -0.2) is 0 Å². The van der Waals surface area contributed by atoms with E-state index in [0.717, 1.165) is 16.5 Å². The van der Waals surface area contributed by atoms with Crippen molar-refractivity contribution in [2.24, 2.45) is 5.92 Å². The Morgan fingerprint density at radius 2 is 1.83 bits per heavy atom. The lowest BCUT2D eigenvalue weighted by molar-refractivity contribution is 0.0950. The van der Waals surface area contributed by atoms with Gasteiger partial charge in [0.2, 0.25) is 0 Å². The average molecular weight is 323 g/mol. The number of amides is 1. The molecule has 0 aliphatic carbocycles. The van der Waals surface area contributed by atoms with Crippen LogP contribution in [0.2, 0.25) is 0 Å². The van der Waals surface area contributed by atoms with E-state index in [0.29, 0.717) is 29.4 Å². The molecule has 0 aliphatic rings. The van der Waals surface area contributed by atoms with Crippen molar-refractivity contribution in [3.8, 4) is 11.3 Å². The summed E-state index contributed by atoms with van der Waals surface area (Å²) in [6.07, 6.45) is 0. The van der Waals surface area contributed by atoms with Crippen molar-refractivity contribution >= 4 is 16.9 Å². The monoisotopic (exact) mass is 323 g/mol. The Labute approximate surface area is 141 Å². The van der Waals surface area contributed by atoms with Gasteiger partial charge in [-0.15, -0.1) is 0 Å². The zero-order valence-electron chi connectivity index (χ0n) is 13.9. The molecular formula is C20H21NO3. The normalized spacial score (nSPS) is 11.2. The molecule has 3 rings (SSSR count). The molecule has 0 unspecified atom stereocenters. The van der Waals surface area contributed by atoms with Gasteiger partial charge < -0.3 is 14.8 Å². The van der Waals surface area contributed by atoms with Crippen LogP contribution >= 0.6 is 0 Å². The number of nitrogens with one attached hydrogen (secondary N) is 1. The van der Waals surface area contributed by atoms with Gasteiger partial charge in [-0.3, -0.25) is 4.79 Å². The molecule has 4 heteroatoms. The van der Waals surface area contributed by atoms with Gasteiger partial charge in [-0.1, -0.05) is 56.3 Å². The van der Waals surface area contributed by atoms with Crippen LogP contribution in [0.1, 0.15) is 29.8 Å². The van der Waals surface area contributed by atoms with Crippen LogP contribution in [0.4, 0.5) is 0 Å². The number of aliphatic hydroxyl groups excluding tert-OH is 1. The first kappa shape index (κ1) is 16.3. The third kappa shape index (κ3) is 3.19. The molecule has 0 atom stereocenters. The summed E-state index contributed by atoms with van der Waals surface area (Å²) in [4.78, 5) is 12.7. The Kier molecular flexibility index (Phi) is 4.67. The van der Waals surface area contributed by atoms with Crippen molar-refractivity contribution in [1.29, 1.82) is 0 Å². The van der Waals surface area contributed by atoms with Gasteiger partial charge in [0.1, 0.15) is 11.3 Å². The maximum absolute atomic E-state index is 12.7. The lowest BCUT2D eigenvalue weighted by atomic mass is 10.0. The van der Waals surface area contributed by atoms with Crippen molar-refractivity contribution in [2.45, 2.75) is 20.5 Å². The largest absolute Gasteiger partial charge is 0.455 e. The highest BCUT2D eigenvalue weighted by molar-refractivity contribution is 6.11. The molecule has 1 aromatic heterocycles. The first-order valence-corrected chi connectivity index (χ1v) is 8.10. The number of hydrogen-bond donors (Lipinski definition) is 2. The number of carbonyl (C=O) groups excluding carboxylic acids is 1. The number of rotatable bonds is 5. The fourth-order valence-corrected chi connectivity index (χ4v) is 2.62. The molecule has 0 spiro atoms. The molecule has 3 aromatic rings. The summed E-state index contributed by atoms with van der Waals surface area (Å²) in [7, 11) is 0. The lowest BCUT2D eigenvalue weighted by Crippen LogP contribution is -2.27. The second-order valence-corrected chi connectivity index (χ2v) is 6.26. The number of benzene rings is 2. The minimum Gasteiger partial charge on any atom is -0.455 e. The molecule has 0 fully saturated rings. The highest BCUT2D eigenvalue weighted by Gasteiger charge is 2.21. The van der Waals surface area contributed by atoms with E-state index in [1.54, 1.807) is 0 Å². The molecule has 0 radical (unpaired) electrons. The van der Waals surface area contributed by atoms with Gasteiger partial charge in [0.25, 0.3) is 5.91 Å². The van der Waals surface area contributed by atoms with Gasteiger partial charge >= 0.3 is 0 Å². The lowest BCUT2D eigenvalue weighted by Gasteiger charge is -2.08. The van der Waals surface area contributed by atoms with Crippen molar-refractivity contribution in [3.05, 3.63) is 59.7 Å². The van der Waals surface area contributed by atoms with Crippen LogP contribution in [0, 0.1) is 5.92 Å². The van der Waals surface area contributed by atoms with Crippen molar-refractivity contribution in [2.75, 3.05) is 6.54 Å². The number of para-hydroxylation sites is 1. The molecule has 1 heterocycles. The predicted octanol–water partition coefficient (Wildman–Crippen LogP) is 3.98. The summed E-state index contributed by atoms with van der Waals surface area (Å²) in [6.45, 7) is 4.72. The highest BCUT2D eigenvalue weighted by atomic mass is 16.3. The number of fused-ring (bicyclic) bond motifs is 1. The fraction of sp³-hybridized carbons (Fsp3) is 0.250. The van der Waals surface area contributed by atoms with Crippen LogP contribution in [0.25, 0.3) is 22.3 Å². The number of hydrogen-bond acceptors (Lipinski definition) is 3. The van der Waals surface area contributed by atoms with Crippen LogP contribution in [0.5, 0.6) is 0 Å². The van der Waals surface area contributed by atoms with Gasteiger partial charge in [-0.05, 0) is 17.5 Å². The quantitative estimate of drug-likeness (QED) is 0.746. The Morgan fingerprint density at radius 1 is 1.12 bits per heavy atom. The Hall–Kier alpha value is -2.59. The second kappa shape index (κ2) is 6.89. The standard InChI is InChI=1S/C20H21NO3/c1-13(2)11-21-20(23)18-16-5-3-4-6-17(16)24-19(18)15-9-7-14(12-22)8-10-15/h3-10,13,22H,11-12H2,1-2H3,(H,21,23). The maximum Gasteiger partial charge on any atom is 0.255 e. The van der Waals surface area contributed by atoms with E-state index in [1.807, 2.05) is 48.5 Å². The van der Waals surface area contributed by atoms with Crippen LogP contribution < -0.4 is 5.32 Å². The second-order valence-electron chi connectivity index (χ2n) is 6.26. The molecule has 0 aliphatic heterocycles. The van der Waals surface area contributed by atoms with E-state index in [9.17, 15) is 9.90 Å². The third-order valence-electron chi connectivity index (χ3n) is 3.89. The summed E-state index contributed by atoms with van der Waals surface area (Å²) in [5.41, 5.74) is 2.88. The smallest absolute Gasteiger partial charge is 0.255 e. The summed E-state index contributed by atoms with van der Waals surface area (Å²) >= 11 is 0. The molecule has 0 bridgehead atoms. The first-order valence-electron chi connectivity index (χ1n) is 8.10. The third-order valence-corrected chi connectivity index (χ3v) is 3.89. The molecule has 1 amide bonds. The maximum atomic E-state index is 12.7. The Balaban J connectivity index is 2.08. The van der Waals surface area contributed by atoms with Crippen LogP contribution in [-0.2, 0) is 6.61 Å². The van der Waals surface area contributed by atoms with E-state index >= 15 is 0 Å². The van der Waals surface area contributed by atoms with Crippen LogP contribution in [0.15, 0.2) is 52.9 Å². The molecule has 24 heavy (non-hydrogen) atoms. The SMILES string of the molecule is CC(C)CNC(=O)c1c(-c2ccc(CO)cc2)oc2ccccc12. The van der Waals surface area contributed by atoms with Crippen LogP contribution in [-0.4, -0.2) is 17.6 Å². The van der Waals surface area contributed by atoms with E-state index in [1.165, 1.54) is 0 Å². The minimum atomic E-state index is -0.130. The van der Waals surface area contributed by atoms with Crippen molar-refractivity contribution in [1.82, 2.24) is 5.32 Å². The van der Waals surface area contributed by atoms with E-state index in [4.69, 9.17) is 4.42 Å². The molecule has 0 saturated heterocycles. The fourth-order valence-electron chi connectivity index (χ4n) is 2.62. The summed E-state index contributed by atoms with van der Waals surface area (Å²) < 4.78 is 5.96. The zero-order chi connectivity index (χ0) is 17.1. The summed E-state index contributed by atoms with van der Waals surface area (Å²) in [5, 5.41) is 13.0. The number of carbonyl (C=O) groups is 1. The molecule has 0 saturated carbocycles. The number of aliphatic hydroxyl groups is 1. The molecule has 2 N–H and O–H groups in total. The predicted molar refractivity (Wildman–Crippen MR) is 94.7 cm³/mol. The summed E-state index contributed by atoms with van der Waals surface area (Å²) in [5.74, 6) is 0.802. The first-order chi connectivity index (χ1) is 11.6. The zero-order valence-corrected chi connectivity index (χ0v) is 13.9. The van der Waals surface area contributed by atoms with Crippen molar-refractivity contribution in [3.63, 3.8) is 0 Å². The molecule has 4 nitrogen and oxygen atoms in total. The van der Waals surface area contributed by atoms with Crippen molar-refractivity contribution < 1.29 is 14.3 Å². The minimum absolute atomic E-state index is 0.0118. The topological polar surface area (TPSA) is 62.5 Å².